The van der Waals surface area contributed by atoms with E-state index in [-0.39, 0.29) is 11.9 Å². The first kappa shape index (κ1) is 19.0. The molecule has 0 aliphatic rings. The zero-order valence-electron chi connectivity index (χ0n) is 12.4. The van der Waals surface area contributed by atoms with Gasteiger partial charge in [0.1, 0.15) is 0 Å². The van der Waals surface area contributed by atoms with E-state index in [9.17, 15) is 13.2 Å². The molecule has 0 radical (unpaired) electrons. The van der Waals surface area contributed by atoms with Crippen molar-refractivity contribution in [1.82, 2.24) is 9.97 Å². The quantitative estimate of drug-likeness (QED) is 0.723. The van der Waals surface area contributed by atoms with Gasteiger partial charge >= 0.3 is 11.5 Å². The molecule has 116 valence electrons. The van der Waals surface area contributed by atoms with Gasteiger partial charge in [0.05, 0.1) is 5.69 Å². The standard InChI is InChI=1S/C10H13F3N2OS.C3H8/c1-4-8-7(6(2)3)5-14-9(15-8)16-17-10(11,12)13;1-3-2/h5-6H,4H2,1-3H3;3H2,1-2H3. The number of hydrogen-bond acceptors (Lipinski definition) is 4. The van der Waals surface area contributed by atoms with Crippen molar-refractivity contribution in [3.8, 4) is 6.01 Å². The minimum Gasteiger partial charge on any atom is -0.380 e. The monoisotopic (exact) mass is 310 g/mol. The van der Waals surface area contributed by atoms with Crippen LogP contribution in [-0.4, -0.2) is 15.5 Å². The van der Waals surface area contributed by atoms with Crippen LogP contribution in [0.4, 0.5) is 13.2 Å². The fraction of sp³-hybridized carbons (Fsp3) is 0.692. The highest BCUT2D eigenvalue weighted by molar-refractivity contribution is 7.95. The van der Waals surface area contributed by atoms with Gasteiger partial charge in [0.25, 0.3) is 0 Å². The Hall–Kier alpha value is -0.980. The van der Waals surface area contributed by atoms with Crippen LogP contribution in [-0.2, 0) is 6.42 Å². The molecule has 0 aliphatic heterocycles. The second kappa shape index (κ2) is 9.05. The van der Waals surface area contributed by atoms with Crippen molar-refractivity contribution in [3.63, 3.8) is 0 Å². The molecule has 0 fully saturated rings. The molecule has 0 saturated carbocycles. The van der Waals surface area contributed by atoms with Crippen LogP contribution in [0.15, 0.2) is 6.20 Å². The van der Waals surface area contributed by atoms with Crippen LogP contribution in [0.3, 0.4) is 0 Å². The van der Waals surface area contributed by atoms with Gasteiger partial charge in [-0.05, 0) is 17.9 Å². The molecule has 0 spiro atoms. The SMILES string of the molecule is CCC.CCc1nc(OSC(F)(F)F)ncc1C(C)C. The van der Waals surface area contributed by atoms with Crippen molar-refractivity contribution in [2.24, 2.45) is 0 Å². The van der Waals surface area contributed by atoms with Gasteiger partial charge in [-0.15, -0.1) is 0 Å². The number of alkyl halides is 3. The highest BCUT2D eigenvalue weighted by atomic mass is 32.2. The highest BCUT2D eigenvalue weighted by Gasteiger charge is 2.32. The normalized spacial score (nSPS) is 11.1. The topological polar surface area (TPSA) is 35.0 Å². The zero-order valence-corrected chi connectivity index (χ0v) is 13.2. The molecule has 0 bridgehead atoms. The fourth-order valence-electron chi connectivity index (χ4n) is 1.30. The number of rotatable bonds is 4. The molecular weight excluding hydrogens is 289 g/mol. The Balaban J connectivity index is 0.00000110. The molecule has 7 heteroatoms. The molecular formula is C13H21F3N2OS. The van der Waals surface area contributed by atoms with E-state index in [4.69, 9.17) is 0 Å². The summed E-state index contributed by atoms with van der Waals surface area (Å²) in [6.07, 6.45) is 3.39. The van der Waals surface area contributed by atoms with E-state index < -0.39 is 17.6 Å². The number of hydrogen-bond donors (Lipinski definition) is 0. The molecule has 0 unspecified atom stereocenters. The van der Waals surface area contributed by atoms with Crippen molar-refractivity contribution in [2.75, 3.05) is 0 Å². The molecule has 1 aromatic heterocycles. The molecule has 0 atom stereocenters. The minimum atomic E-state index is -4.45. The lowest BCUT2D eigenvalue weighted by molar-refractivity contribution is -0.0371. The minimum absolute atomic E-state index is 0.231. The first-order valence-electron chi connectivity index (χ1n) is 6.53. The number of aryl methyl sites for hydroxylation is 1. The van der Waals surface area contributed by atoms with Crippen LogP contribution in [0, 0.1) is 0 Å². The van der Waals surface area contributed by atoms with Gasteiger partial charge in [-0.2, -0.15) is 18.2 Å². The summed E-state index contributed by atoms with van der Waals surface area (Å²) in [7, 11) is 0. The fourth-order valence-corrected chi connectivity index (χ4v) is 1.55. The molecule has 0 N–H and O–H groups in total. The molecule has 1 aromatic rings. The van der Waals surface area contributed by atoms with E-state index >= 15 is 0 Å². The van der Waals surface area contributed by atoms with Gasteiger partial charge in [0, 0.05) is 6.20 Å². The Morgan fingerprint density at radius 3 is 2.20 bits per heavy atom. The van der Waals surface area contributed by atoms with Gasteiger partial charge in [-0.25, -0.2) is 4.98 Å². The molecule has 0 aliphatic carbocycles. The summed E-state index contributed by atoms with van der Waals surface area (Å²) >= 11 is -0.605. The van der Waals surface area contributed by atoms with E-state index in [0.29, 0.717) is 12.1 Å². The lowest BCUT2D eigenvalue weighted by Crippen LogP contribution is -2.06. The van der Waals surface area contributed by atoms with E-state index in [1.165, 1.54) is 12.6 Å². The summed E-state index contributed by atoms with van der Waals surface area (Å²) in [6, 6.07) is -0.256. The Labute approximate surface area is 122 Å². The Kier molecular flexibility index (Phi) is 8.60. The van der Waals surface area contributed by atoms with Gasteiger partial charge in [0.15, 0.2) is 12.0 Å². The van der Waals surface area contributed by atoms with E-state index in [0.717, 1.165) is 5.56 Å². The van der Waals surface area contributed by atoms with Crippen molar-refractivity contribution < 1.29 is 17.4 Å². The molecule has 0 aromatic carbocycles. The van der Waals surface area contributed by atoms with Crippen molar-refractivity contribution >= 4 is 12.0 Å². The third-order valence-electron chi connectivity index (χ3n) is 2.05. The molecule has 0 amide bonds. The second-order valence-electron chi connectivity index (χ2n) is 4.38. The predicted molar refractivity (Wildman–Crippen MR) is 75.7 cm³/mol. The predicted octanol–water partition coefficient (Wildman–Crippen LogP) is 5.13. The Morgan fingerprint density at radius 2 is 1.80 bits per heavy atom. The second-order valence-corrected chi connectivity index (χ2v) is 5.18. The molecule has 1 heterocycles. The van der Waals surface area contributed by atoms with Crippen LogP contribution in [0.2, 0.25) is 0 Å². The summed E-state index contributed by atoms with van der Waals surface area (Å²) in [4.78, 5) is 7.72. The smallest absolute Gasteiger partial charge is 0.380 e. The number of aromatic nitrogens is 2. The van der Waals surface area contributed by atoms with Crippen LogP contribution in [0.25, 0.3) is 0 Å². The average Bonchev–Trinajstić information content (AvgIpc) is 2.36. The van der Waals surface area contributed by atoms with Crippen LogP contribution in [0.5, 0.6) is 6.01 Å². The van der Waals surface area contributed by atoms with Gasteiger partial charge < -0.3 is 4.18 Å². The first-order valence-corrected chi connectivity index (χ1v) is 7.27. The third kappa shape index (κ3) is 7.57. The molecule has 1 rings (SSSR count). The van der Waals surface area contributed by atoms with Gasteiger partial charge in [-0.1, -0.05) is 41.0 Å². The van der Waals surface area contributed by atoms with Gasteiger partial charge in [-0.3, -0.25) is 0 Å². The summed E-state index contributed by atoms with van der Waals surface area (Å²) in [5, 5.41) is 0. The maximum atomic E-state index is 11.9. The maximum absolute atomic E-state index is 11.9. The van der Waals surface area contributed by atoms with Crippen LogP contribution < -0.4 is 4.18 Å². The van der Waals surface area contributed by atoms with Crippen molar-refractivity contribution in [2.45, 2.75) is 58.9 Å². The first-order chi connectivity index (χ1) is 9.25. The average molecular weight is 310 g/mol. The third-order valence-corrected chi connectivity index (χ3v) is 2.47. The van der Waals surface area contributed by atoms with Crippen molar-refractivity contribution in [1.29, 1.82) is 0 Å². The largest absolute Gasteiger partial charge is 0.479 e. The molecule has 20 heavy (non-hydrogen) atoms. The summed E-state index contributed by atoms with van der Waals surface area (Å²) < 4.78 is 40.2. The van der Waals surface area contributed by atoms with E-state index in [1.54, 1.807) is 0 Å². The van der Waals surface area contributed by atoms with E-state index in [2.05, 4.69) is 28.0 Å². The van der Waals surface area contributed by atoms with E-state index in [1.807, 2.05) is 20.8 Å². The molecule has 3 nitrogen and oxygen atoms in total. The van der Waals surface area contributed by atoms with Crippen molar-refractivity contribution in [3.05, 3.63) is 17.5 Å². The summed E-state index contributed by atoms with van der Waals surface area (Å²) in [5.41, 5.74) is -2.81. The lowest BCUT2D eigenvalue weighted by atomic mass is 10.0. The Bertz CT molecular complexity index is 398. The van der Waals surface area contributed by atoms with Gasteiger partial charge in [0.2, 0.25) is 0 Å². The summed E-state index contributed by atoms with van der Waals surface area (Å²) in [5.74, 6) is 0.231. The maximum Gasteiger partial charge on any atom is 0.479 e. The highest BCUT2D eigenvalue weighted by Crippen LogP contribution is 2.31. The Morgan fingerprint density at radius 1 is 1.25 bits per heavy atom. The molecule has 0 saturated heterocycles. The number of halogens is 3. The lowest BCUT2D eigenvalue weighted by Gasteiger charge is -2.11. The summed E-state index contributed by atoms with van der Waals surface area (Å²) in [6.45, 7) is 10.1. The van der Waals surface area contributed by atoms with Crippen LogP contribution >= 0.6 is 12.0 Å². The van der Waals surface area contributed by atoms with Crippen LogP contribution in [0.1, 0.15) is 58.2 Å². The zero-order chi connectivity index (χ0) is 15.8. The number of nitrogens with zero attached hydrogens (tertiary/aromatic N) is 2.